The predicted molar refractivity (Wildman–Crippen MR) is 112 cm³/mol. The van der Waals surface area contributed by atoms with E-state index in [2.05, 4.69) is 30.1 Å². The number of hydrogen-bond acceptors (Lipinski definition) is 5. The molecular formula is C23H23N3O2. The fourth-order valence-corrected chi connectivity index (χ4v) is 3.33. The van der Waals surface area contributed by atoms with Crippen molar-refractivity contribution >= 4 is 11.9 Å². The lowest BCUT2D eigenvalue weighted by molar-refractivity contribution is 0.337. The minimum Gasteiger partial charge on any atom is -0.507 e. The molecule has 2 aromatic carbocycles. The molecule has 2 atom stereocenters. The Morgan fingerprint density at radius 3 is 2.57 bits per heavy atom. The highest BCUT2D eigenvalue weighted by Crippen LogP contribution is 2.27. The highest BCUT2D eigenvalue weighted by Gasteiger charge is 2.29. The summed E-state index contributed by atoms with van der Waals surface area (Å²) >= 11 is 0. The number of aliphatic imine (C=N–C) groups is 2. The minimum absolute atomic E-state index is 0.147. The number of phenolic OH excluding ortho intramolecular Hbond substituents is 1. The average molecular weight is 373 g/mol. The van der Waals surface area contributed by atoms with Crippen molar-refractivity contribution in [3.63, 3.8) is 0 Å². The van der Waals surface area contributed by atoms with Crippen molar-refractivity contribution in [3.05, 3.63) is 84.0 Å². The molecular weight excluding hydrogens is 350 g/mol. The molecule has 5 heteroatoms. The fraction of sp³-hybridized carbons (Fsp3) is 0.217. The molecule has 2 aromatic rings. The molecule has 28 heavy (non-hydrogen) atoms. The SMILES string of the molecule is CC1C=C([C@@H]2N=C(c3ccccc3O)N=C(Oc3ccccc3)N2C)C=CC1. The predicted octanol–water partition coefficient (Wildman–Crippen LogP) is 4.37. The topological polar surface area (TPSA) is 57.4 Å². The molecule has 0 saturated carbocycles. The summed E-state index contributed by atoms with van der Waals surface area (Å²) in [6.45, 7) is 2.19. The molecule has 0 bridgehead atoms. The Morgan fingerprint density at radius 2 is 1.82 bits per heavy atom. The summed E-state index contributed by atoms with van der Waals surface area (Å²) in [6.07, 6.45) is 7.27. The van der Waals surface area contributed by atoms with E-state index in [0.717, 1.165) is 12.0 Å². The van der Waals surface area contributed by atoms with Gasteiger partial charge in [-0.15, -0.1) is 0 Å². The van der Waals surface area contributed by atoms with E-state index < -0.39 is 0 Å². The number of amidine groups is 2. The standard InChI is InChI=1S/C23H23N3O2/c1-16-9-8-10-17(15-16)22-24-21(19-13-6-7-14-20(19)27)25-23(26(22)2)28-18-11-4-3-5-12-18/h3-8,10-16,22,27H,9H2,1-2H3/t16?,22-/m1/s1. The van der Waals surface area contributed by atoms with Crippen LogP contribution in [0.4, 0.5) is 0 Å². The van der Waals surface area contributed by atoms with Crippen molar-refractivity contribution in [2.75, 3.05) is 7.05 Å². The van der Waals surface area contributed by atoms with Crippen LogP contribution in [0.25, 0.3) is 0 Å². The van der Waals surface area contributed by atoms with Crippen molar-refractivity contribution in [1.82, 2.24) is 4.90 Å². The highest BCUT2D eigenvalue weighted by atomic mass is 16.5. The Labute approximate surface area is 165 Å². The molecule has 1 aliphatic carbocycles. The van der Waals surface area contributed by atoms with Crippen molar-refractivity contribution in [2.24, 2.45) is 15.9 Å². The number of allylic oxidation sites excluding steroid dienone is 2. The molecule has 5 nitrogen and oxygen atoms in total. The molecule has 1 N–H and O–H groups in total. The number of benzene rings is 2. The van der Waals surface area contributed by atoms with Crippen LogP contribution in [0, 0.1) is 5.92 Å². The van der Waals surface area contributed by atoms with Crippen LogP contribution in [-0.4, -0.2) is 35.1 Å². The van der Waals surface area contributed by atoms with Gasteiger partial charge in [-0.05, 0) is 42.2 Å². The summed E-state index contributed by atoms with van der Waals surface area (Å²) < 4.78 is 6.07. The minimum atomic E-state index is -0.273. The van der Waals surface area contributed by atoms with Crippen LogP contribution in [0.2, 0.25) is 0 Å². The largest absolute Gasteiger partial charge is 0.507 e. The molecule has 4 rings (SSSR count). The summed E-state index contributed by atoms with van der Waals surface area (Å²) in [5, 5.41) is 10.3. The van der Waals surface area contributed by atoms with E-state index in [-0.39, 0.29) is 11.9 Å². The van der Waals surface area contributed by atoms with E-state index in [1.165, 1.54) is 0 Å². The maximum absolute atomic E-state index is 10.3. The summed E-state index contributed by atoms with van der Waals surface area (Å²) in [5.74, 6) is 1.76. The Balaban J connectivity index is 1.76. The van der Waals surface area contributed by atoms with Crippen molar-refractivity contribution < 1.29 is 9.84 Å². The number of phenols is 1. The molecule has 0 saturated heterocycles. The lowest BCUT2D eigenvalue weighted by atomic mass is 9.96. The van der Waals surface area contributed by atoms with Crippen molar-refractivity contribution in [1.29, 1.82) is 0 Å². The fourth-order valence-electron chi connectivity index (χ4n) is 3.33. The maximum Gasteiger partial charge on any atom is 0.301 e. The van der Waals surface area contributed by atoms with Crippen LogP contribution in [0.3, 0.4) is 0 Å². The zero-order chi connectivity index (χ0) is 19.5. The summed E-state index contributed by atoms with van der Waals surface area (Å²) in [4.78, 5) is 11.4. The van der Waals surface area contributed by atoms with E-state index in [1.807, 2.05) is 54.4 Å². The number of nitrogens with zero attached hydrogens (tertiary/aromatic N) is 3. The van der Waals surface area contributed by atoms with Crippen LogP contribution >= 0.6 is 0 Å². The molecule has 0 amide bonds. The van der Waals surface area contributed by atoms with Gasteiger partial charge in [-0.1, -0.05) is 55.5 Å². The number of para-hydroxylation sites is 2. The maximum atomic E-state index is 10.3. The van der Waals surface area contributed by atoms with Crippen LogP contribution in [0.5, 0.6) is 11.5 Å². The first-order chi connectivity index (χ1) is 13.6. The van der Waals surface area contributed by atoms with E-state index in [1.54, 1.807) is 12.1 Å². The average Bonchev–Trinajstić information content (AvgIpc) is 2.71. The van der Waals surface area contributed by atoms with Gasteiger partial charge in [0.05, 0.1) is 5.56 Å². The van der Waals surface area contributed by atoms with Crippen LogP contribution in [0.15, 0.2) is 88.4 Å². The second-order valence-electron chi connectivity index (χ2n) is 7.05. The van der Waals surface area contributed by atoms with Gasteiger partial charge in [0, 0.05) is 7.05 Å². The molecule has 0 radical (unpaired) electrons. The summed E-state index contributed by atoms with van der Waals surface area (Å²) in [7, 11) is 1.92. The van der Waals surface area contributed by atoms with Gasteiger partial charge in [-0.3, -0.25) is 0 Å². The molecule has 2 aliphatic rings. The van der Waals surface area contributed by atoms with Gasteiger partial charge in [-0.2, -0.15) is 4.99 Å². The van der Waals surface area contributed by atoms with E-state index in [4.69, 9.17) is 9.73 Å². The van der Waals surface area contributed by atoms with E-state index >= 15 is 0 Å². The quantitative estimate of drug-likeness (QED) is 0.869. The van der Waals surface area contributed by atoms with E-state index in [9.17, 15) is 5.11 Å². The van der Waals surface area contributed by atoms with Gasteiger partial charge < -0.3 is 14.7 Å². The van der Waals surface area contributed by atoms with Gasteiger partial charge in [0.1, 0.15) is 11.5 Å². The smallest absolute Gasteiger partial charge is 0.301 e. The first kappa shape index (κ1) is 18.0. The summed E-state index contributed by atoms with van der Waals surface area (Å²) in [6, 6.07) is 17.1. The molecule has 1 unspecified atom stereocenters. The van der Waals surface area contributed by atoms with Gasteiger partial charge in [0.2, 0.25) is 0 Å². The van der Waals surface area contributed by atoms with Gasteiger partial charge in [0.15, 0.2) is 12.0 Å². The lowest BCUT2D eigenvalue weighted by Crippen LogP contribution is -2.44. The first-order valence-corrected chi connectivity index (χ1v) is 9.40. The molecule has 0 fully saturated rings. The molecule has 1 aliphatic heterocycles. The zero-order valence-corrected chi connectivity index (χ0v) is 16.0. The third-order valence-corrected chi connectivity index (χ3v) is 4.81. The third-order valence-electron chi connectivity index (χ3n) is 4.81. The van der Waals surface area contributed by atoms with Crippen molar-refractivity contribution in [3.8, 4) is 11.5 Å². The van der Waals surface area contributed by atoms with Crippen molar-refractivity contribution in [2.45, 2.75) is 19.5 Å². The number of hydrogen-bond donors (Lipinski definition) is 1. The molecule has 0 spiro atoms. The molecule has 0 aromatic heterocycles. The second-order valence-corrected chi connectivity index (χ2v) is 7.05. The van der Waals surface area contributed by atoms with Gasteiger partial charge >= 0.3 is 6.02 Å². The Morgan fingerprint density at radius 1 is 1.07 bits per heavy atom. The number of rotatable bonds is 3. The lowest BCUT2D eigenvalue weighted by Gasteiger charge is -2.32. The van der Waals surface area contributed by atoms with E-state index in [0.29, 0.717) is 29.1 Å². The second kappa shape index (κ2) is 7.72. The Kier molecular flexibility index (Phi) is 4.98. The van der Waals surface area contributed by atoms with Crippen LogP contribution in [-0.2, 0) is 0 Å². The summed E-state index contributed by atoms with van der Waals surface area (Å²) in [5.41, 5.74) is 1.68. The normalized spacial score (nSPS) is 21.6. The first-order valence-electron chi connectivity index (χ1n) is 9.40. The molecule has 142 valence electrons. The number of likely N-dealkylation sites (N-methyl/N-ethyl adjacent to an activating group) is 1. The highest BCUT2D eigenvalue weighted by molar-refractivity contribution is 6.08. The zero-order valence-electron chi connectivity index (χ0n) is 16.0. The molecule has 1 heterocycles. The number of ether oxygens (including phenoxy) is 1. The third kappa shape index (κ3) is 3.69. The van der Waals surface area contributed by atoms with Gasteiger partial charge in [-0.25, -0.2) is 4.99 Å². The Hall–Kier alpha value is -3.34. The van der Waals surface area contributed by atoms with Crippen LogP contribution in [0.1, 0.15) is 18.9 Å². The Bertz CT molecular complexity index is 976. The van der Waals surface area contributed by atoms with Crippen LogP contribution < -0.4 is 4.74 Å². The van der Waals surface area contributed by atoms with Gasteiger partial charge in [0.25, 0.3) is 0 Å². The monoisotopic (exact) mass is 373 g/mol. The number of aromatic hydroxyl groups is 1.